The lowest BCUT2D eigenvalue weighted by atomic mass is 9.99. The Morgan fingerprint density at radius 2 is 1.79 bits per heavy atom. The molecule has 1 unspecified atom stereocenters. The van der Waals surface area contributed by atoms with Crippen molar-refractivity contribution in [3.8, 4) is 0 Å². The molecule has 1 atom stereocenters. The van der Waals surface area contributed by atoms with Crippen LogP contribution in [0.1, 0.15) is 34.1 Å². The Labute approximate surface area is 166 Å². The second kappa shape index (κ2) is 7.01. The van der Waals surface area contributed by atoms with E-state index in [1.54, 1.807) is 54.1 Å². The topological polar surface area (TPSA) is 81.2 Å². The number of pyridine rings is 1. The number of aromatic nitrogens is 3. The Morgan fingerprint density at radius 3 is 2.59 bits per heavy atom. The van der Waals surface area contributed by atoms with E-state index in [-0.39, 0.29) is 17.1 Å². The first-order valence-electron chi connectivity index (χ1n) is 9.46. The number of nitrogens with zero attached hydrogens (tertiary/aromatic N) is 4. The summed E-state index contributed by atoms with van der Waals surface area (Å²) in [5, 5.41) is 0.485. The van der Waals surface area contributed by atoms with E-state index < -0.39 is 6.04 Å². The highest BCUT2D eigenvalue weighted by Gasteiger charge is 2.42. The largest absolute Gasteiger partial charge is 0.450 e. The molecule has 4 aromatic rings. The molecule has 5 rings (SSSR count). The van der Waals surface area contributed by atoms with Gasteiger partial charge in [-0.1, -0.05) is 12.1 Å². The van der Waals surface area contributed by atoms with E-state index in [2.05, 4.69) is 9.97 Å². The van der Waals surface area contributed by atoms with Crippen molar-refractivity contribution < 1.29 is 9.21 Å². The van der Waals surface area contributed by atoms with E-state index in [0.717, 1.165) is 18.5 Å². The van der Waals surface area contributed by atoms with Crippen LogP contribution in [0.4, 0.5) is 0 Å². The van der Waals surface area contributed by atoms with Gasteiger partial charge < -0.3 is 13.9 Å². The Bertz CT molecular complexity index is 1230. The molecule has 0 fully saturated rings. The maximum atomic E-state index is 13.3. The molecule has 7 heteroatoms. The van der Waals surface area contributed by atoms with Crippen LogP contribution in [0.2, 0.25) is 0 Å². The van der Waals surface area contributed by atoms with Gasteiger partial charge in [0.2, 0.25) is 5.76 Å². The first-order valence-corrected chi connectivity index (χ1v) is 9.46. The zero-order chi connectivity index (χ0) is 19.8. The summed E-state index contributed by atoms with van der Waals surface area (Å²) >= 11 is 0. The number of imidazole rings is 1. The van der Waals surface area contributed by atoms with Gasteiger partial charge in [-0.05, 0) is 36.2 Å². The van der Waals surface area contributed by atoms with Crippen LogP contribution in [0.5, 0.6) is 0 Å². The number of carbonyl (C=O) groups is 1. The summed E-state index contributed by atoms with van der Waals surface area (Å²) in [6.07, 6.45) is 9.43. The standard InChI is InChI=1S/C22H18N4O3/c27-20-16-4-1-2-5-17(16)29-21-18(20)19(15-6-8-23-9-7-15)26(22(21)28)12-3-11-25-13-10-24-14-25/h1-2,4-10,13-14,19H,3,11-12H2. The van der Waals surface area contributed by atoms with E-state index in [9.17, 15) is 9.59 Å². The van der Waals surface area contributed by atoms with Gasteiger partial charge in [-0.15, -0.1) is 0 Å². The molecule has 0 saturated heterocycles. The second-order valence-electron chi connectivity index (χ2n) is 7.01. The van der Waals surface area contributed by atoms with Gasteiger partial charge in [-0.3, -0.25) is 14.6 Å². The molecule has 7 nitrogen and oxygen atoms in total. The van der Waals surface area contributed by atoms with Crippen LogP contribution in [-0.2, 0) is 6.54 Å². The lowest BCUT2D eigenvalue weighted by Gasteiger charge is -2.25. The van der Waals surface area contributed by atoms with E-state index >= 15 is 0 Å². The number of amides is 1. The van der Waals surface area contributed by atoms with Crippen LogP contribution in [-0.4, -0.2) is 31.9 Å². The molecule has 1 amide bonds. The smallest absolute Gasteiger partial charge is 0.290 e. The predicted octanol–water partition coefficient (Wildman–Crippen LogP) is 3.02. The molecular weight excluding hydrogens is 368 g/mol. The third-order valence-electron chi connectivity index (χ3n) is 5.27. The molecule has 0 N–H and O–H groups in total. The van der Waals surface area contributed by atoms with Crippen LogP contribution in [0.15, 0.2) is 76.7 Å². The first-order chi connectivity index (χ1) is 14.2. The van der Waals surface area contributed by atoms with Gasteiger partial charge in [-0.2, -0.15) is 0 Å². The summed E-state index contributed by atoms with van der Waals surface area (Å²) in [6, 6.07) is 10.2. The minimum Gasteiger partial charge on any atom is -0.450 e. The fraction of sp³-hybridized carbons (Fsp3) is 0.182. The van der Waals surface area contributed by atoms with Gasteiger partial charge in [0.25, 0.3) is 5.91 Å². The number of fused-ring (bicyclic) bond motifs is 2. The Kier molecular flexibility index (Phi) is 4.20. The van der Waals surface area contributed by atoms with Gasteiger partial charge in [0.1, 0.15) is 5.58 Å². The summed E-state index contributed by atoms with van der Waals surface area (Å²) < 4.78 is 7.87. The number of benzene rings is 1. The molecule has 1 aromatic carbocycles. The highest BCUT2D eigenvalue weighted by atomic mass is 16.3. The van der Waals surface area contributed by atoms with Crippen LogP contribution in [0.25, 0.3) is 11.0 Å². The highest BCUT2D eigenvalue weighted by Crippen LogP contribution is 2.37. The number of aryl methyl sites for hydroxylation is 1. The molecule has 3 aromatic heterocycles. The molecule has 0 aliphatic carbocycles. The Hall–Kier alpha value is -3.74. The lowest BCUT2D eigenvalue weighted by Crippen LogP contribution is -2.31. The Morgan fingerprint density at radius 1 is 0.966 bits per heavy atom. The zero-order valence-corrected chi connectivity index (χ0v) is 15.6. The molecule has 4 heterocycles. The average molecular weight is 386 g/mol. The van der Waals surface area contributed by atoms with Gasteiger partial charge in [-0.25, -0.2) is 4.98 Å². The number of rotatable bonds is 5. The van der Waals surface area contributed by atoms with Gasteiger partial charge >= 0.3 is 0 Å². The molecule has 0 spiro atoms. The summed E-state index contributed by atoms with van der Waals surface area (Å²) in [6.45, 7) is 1.22. The van der Waals surface area contributed by atoms with Crippen molar-refractivity contribution in [1.82, 2.24) is 19.4 Å². The summed E-state index contributed by atoms with van der Waals surface area (Å²) in [5.74, 6) is -0.117. The minimum absolute atomic E-state index is 0.137. The number of hydrogen-bond acceptors (Lipinski definition) is 5. The van der Waals surface area contributed by atoms with Crippen LogP contribution in [0.3, 0.4) is 0 Å². The molecule has 1 aliphatic heterocycles. The number of para-hydroxylation sites is 1. The molecule has 1 aliphatic rings. The van der Waals surface area contributed by atoms with Crippen molar-refractivity contribution in [2.24, 2.45) is 0 Å². The minimum atomic E-state index is -0.482. The third-order valence-corrected chi connectivity index (χ3v) is 5.27. The highest BCUT2D eigenvalue weighted by molar-refractivity contribution is 5.99. The summed E-state index contributed by atoms with van der Waals surface area (Å²) in [5.41, 5.74) is 1.52. The molecule has 0 saturated carbocycles. The second-order valence-corrected chi connectivity index (χ2v) is 7.01. The van der Waals surface area contributed by atoms with Crippen molar-refractivity contribution in [1.29, 1.82) is 0 Å². The van der Waals surface area contributed by atoms with Gasteiger partial charge in [0.05, 0.1) is 23.3 Å². The molecule has 0 radical (unpaired) electrons. The quantitative estimate of drug-likeness (QED) is 0.527. The van der Waals surface area contributed by atoms with E-state index in [1.165, 1.54) is 0 Å². The molecule has 29 heavy (non-hydrogen) atoms. The maximum absolute atomic E-state index is 13.3. The molecule has 144 valence electrons. The van der Waals surface area contributed by atoms with Crippen LogP contribution < -0.4 is 5.43 Å². The van der Waals surface area contributed by atoms with E-state index in [4.69, 9.17) is 4.42 Å². The Balaban J connectivity index is 1.58. The first kappa shape index (κ1) is 17.4. The molecule has 0 bridgehead atoms. The van der Waals surface area contributed by atoms with Crippen molar-refractivity contribution in [3.63, 3.8) is 0 Å². The third kappa shape index (κ3) is 2.91. The number of hydrogen-bond donors (Lipinski definition) is 0. The normalized spacial score (nSPS) is 15.8. The van der Waals surface area contributed by atoms with E-state index in [1.807, 2.05) is 22.9 Å². The predicted molar refractivity (Wildman–Crippen MR) is 106 cm³/mol. The summed E-state index contributed by atoms with van der Waals surface area (Å²) in [4.78, 5) is 36.4. The van der Waals surface area contributed by atoms with Crippen LogP contribution >= 0.6 is 0 Å². The van der Waals surface area contributed by atoms with Crippen molar-refractivity contribution in [3.05, 3.63) is 94.6 Å². The summed E-state index contributed by atoms with van der Waals surface area (Å²) in [7, 11) is 0. The van der Waals surface area contributed by atoms with Gasteiger partial charge in [0, 0.05) is 37.9 Å². The maximum Gasteiger partial charge on any atom is 0.290 e. The van der Waals surface area contributed by atoms with Crippen LogP contribution in [0, 0.1) is 0 Å². The van der Waals surface area contributed by atoms with Crippen molar-refractivity contribution in [2.45, 2.75) is 19.0 Å². The van der Waals surface area contributed by atoms with E-state index in [0.29, 0.717) is 23.1 Å². The monoisotopic (exact) mass is 386 g/mol. The lowest BCUT2D eigenvalue weighted by molar-refractivity contribution is 0.0723. The number of carbonyl (C=O) groups excluding carboxylic acids is 1. The van der Waals surface area contributed by atoms with Crippen molar-refractivity contribution in [2.75, 3.05) is 6.54 Å². The van der Waals surface area contributed by atoms with Crippen molar-refractivity contribution >= 4 is 16.9 Å². The fourth-order valence-electron chi connectivity index (χ4n) is 3.93. The average Bonchev–Trinajstić information content (AvgIpc) is 3.37. The fourth-order valence-corrected chi connectivity index (χ4v) is 3.93. The molecular formula is C22H18N4O3. The SMILES string of the molecule is O=C1c2oc3ccccc3c(=O)c2C(c2ccncc2)N1CCCn1ccnc1. The van der Waals surface area contributed by atoms with Gasteiger partial charge in [0.15, 0.2) is 5.43 Å². The zero-order valence-electron chi connectivity index (χ0n) is 15.6.